The van der Waals surface area contributed by atoms with Crippen LogP contribution in [0.15, 0.2) is 0 Å². The predicted octanol–water partition coefficient (Wildman–Crippen LogP) is 2.21. The average molecular weight is 413 g/mol. The SMILES string of the molecule is S[Se][Se][Se]C1CCCCC(S)CC1. The molecule has 0 amide bonds. The van der Waals surface area contributed by atoms with Crippen LogP contribution in [0.5, 0.6) is 0 Å². The zero-order valence-electron chi connectivity index (χ0n) is 7.52. The van der Waals surface area contributed by atoms with Crippen molar-refractivity contribution in [2.75, 3.05) is 0 Å². The third kappa shape index (κ3) is 6.43. The Labute approximate surface area is 108 Å². The predicted molar refractivity (Wildman–Crippen MR) is 70.5 cm³/mol. The number of hydrogen-bond donors (Lipinski definition) is 2. The zero-order chi connectivity index (χ0) is 9.52. The molecule has 1 aliphatic rings. The maximum absolute atomic E-state index is 4.61. The third-order valence-corrected chi connectivity index (χ3v) is 25.6. The molecule has 0 aromatic heterocycles. The van der Waals surface area contributed by atoms with Crippen LogP contribution in [-0.2, 0) is 0 Å². The summed E-state index contributed by atoms with van der Waals surface area (Å²) in [5.41, 5.74) is 0. The fraction of sp³-hybridized carbons (Fsp3) is 1.00. The number of rotatable bonds is 3. The van der Waals surface area contributed by atoms with Crippen LogP contribution >= 0.6 is 23.7 Å². The molecule has 2 atom stereocenters. The molecule has 0 bridgehead atoms. The van der Waals surface area contributed by atoms with Gasteiger partial charge >= 0.3 is 109 Å². The van der Waals surface area contributed by atoms with E-state index < -0.39 is 0 Å². The van der Waals surface area contributed by atoms with Crippen LogP contribution < -0.4 is 0 Å². The minimum absolute atomic E-state index is 0.676. The van der Waals surface area contributed by atoms with Gasteiger partial charge in [0.1, 0.15) is 0 Å². The molecular formula is C8H16S2Se3. The fourth-order valence-corrected chi connectivity index (χ4v) is 20.2. The van der Waals surface area contributed by atoms with E-state index in [9.17, 15) is 0 Å². The van der Waals surface area contributed by atoms with Crippen LogP contribution in [0.1, 0.15) is 38.5 Å². The van der Waals surface area contributed by atoms with E-state index >= 15 is 0 Å². The average Bonchev–Trinajstić information content (AvgIpc) is 2.11. The van der Waals surface area contributed by atoms with Crippen LogP contribution in [-0.4, -0.2) is 41.7 Å². The summed E-state index contributed by atoms with van der Waals surface area (Å²) in [5.74, 6) is 0. The molecule has 0 nitrogen and oxygen atoms in total. The van der Waals surface area contributed by atoms with Gasteiger partial charge in [-0.1, -0.05) is 0 Å². The van der Waals surface area contributed by atoms with Crippen molar-refractivity contribution in [1.29, 1.82) is 0 Å². The van der Waals surface area contributed by atoms with Crippen LogP contribution in [0.2, 0.25) is 4.82 Å². The molecule has 0 aromatic carbocycles. The van der Waals surface area contributed by atoms with E-state index in [0.29, 0.717) is 17.3 Å². The Bertz CT molecular complexity index is 133. The monoisotopic (exact) mass is 416 g/mol. The van der Waals surface area contributed by atoms with Gasteiger partial charge in [0.2, 0.25) is 0 Å². The van der Waals surface area contributed by atoms with E-state index in [1.165, 1.54) is 38.5 Å². The van der Waals surface area contributed by atoms with Crippen molar-refractivity contribution < 1.29 is 0 Å². The minimum atomic E-state index is 0.676. The molecule has 1 fully saturated rings. The molecule has 0 heterocycles. The Morgan fingerprint density at radius 3 is 2.54 bits per heavy atom. The summed E-state index contributed by atoms with van der Waals surface area (Å²) in [6.07, 6.45) is 8.56. The topological polar surface area (TPSA) is 0 Å². The molecule has 1 rings (SSSR count). The van der Waals surface area contributed by atoms with Gasteiger partial charge in [-0.3, -0.25) is 0 Å². The summed E-state index contributed by atoms with van der Waals surface area (Å²) >= 11 is 11.5. The maximum atomic E-state index is 4.61. The first-order valence-electron chi connectivity index (χ1n) is 4.64. The zero-order valence-corrected chi connectivity index (χ0v) is 14.4. The summed E-state index contributed by atoms with van der Waals surface area (Å²) in [6.45, 7) is 0. The van der Waals surface area contributed by atoms with E-state index in [2.05, 4.69) is 23.7 Å². The van der Waals surface area contributed by atoms with Crippen LogP contribution in [0.25, 0.3) is 0 Å². The van der Waals surface area contributed by atoms with Gasteiger partial charge in [-0.2, -0.15) is 0 Å². The molecular weight excluding hydrogens is 397 g/mol. The normalized spacial score (nSPS) is 30.9. The fourth-order valence-electron chi connectivity index (χ4n) is 1.59. The molecule has 0 radical (unpaired) electrons. The van der Waals surface area contributed by atoms with Crippen LogP contribution in [0.4, 0.5) is 0 Å². The number of thiol groups is 2. The van der Waals surface area contributed by atoms with E-state index in [1.807, 2.05) is 0 Å². The quantitative estimate of drug-likeness (QED) is 0.515. The van der Waals surface area contributed by atoms with E-state index in [1.54, 1.807) is 0 Å². The first-order valence-corrected chi connectivity index (χ1v) is 17.5. The van der Waals surface area contributed by atoms with Gasteiger partial charge in [-0.15, -0.1) is 0 Å². The second kappa shape index (κ2) is 8.41. The van der Waals surface area contributed by atoms with Gasteiger partial charge in [0.25, 0.3) is 0 Å². The molecule has 0 saturated heterocycles. The van der Waals surface area contributed by atoms with Gasteiger partial charge in [0.15, 0.2) is 0 Å². The van der Waals surface area contributed by atoms with Crippen molar-refractivity contribution in [2.24, 2.45) is 0 Å². The van der Waals surface area contributed by atoms with E-state index in [-0.39, 0.29) is 0 Å². The Morgan fingerprint density at radius 1 is 1.00 bits per heavy atom. The Kier molecular flexibility index (Phi) is 8.62. The molecule has 5 heteroatoms. The second-order valence-electron chi connectivity index (χ2n) is 3.38. The molecule has 0 aliphatic heterocycles. The van der Waals surface area contributed by atoms with Gasteiger partial charge in [0, 0.05) is 0 Å². The van der Waals surface area contributed by atoms with E-state index in [0.717, 1.165) is 29.3 Å². The molecule has 2 unspecified atom stereocenters. The molecule has 0 N–H and O–H groups in total. The Hall–Kier alpha value is 2.26. The molecule has 1 saturated carbocycles. The first-order chi connectivity index (χ1) is 6.33. The first kappa shape index (κ1) is 13.3. The van der Waals surface area contributed by atoms with Crippen molar-refractivity contribution in [3.63, 3.8) is 0 Å². The Morgan fingerprint density at radius 2 is 1.77 bits per heavy atom. The second-order valence-corrected chi connectivity index (χ2v) is 23.4. The summed E-state index contributed by atoms with van der Waals surface area (Å²) in [4.78, 5) is 1.08. The molecule has 0 aromatic rings. The van der Waals surface area contributed by atoms with Gasteiger partial charge < -0.3 is 0 Å². The van der Waals surface area contributed by atoms with Crippen molar-refractivity contribution >= 4 is 60.1 Å². The standard InChI is InChI=1S/C8H16S2Se3/c9-7-3-1-2-4-8(6-5-7)11-13-12-10/h7-10H,1-6H2. The van der Waals surface area contributed by atoms with Gasteiger partial charge in [0.05, 0.1) is 0 Å². The summed E-state index contributed by atoms with van der Waals surface area (Å²) < 4.78 is 0. The van der Waals surface area contributed by atoms with Gasteiger partial charge in [-0.05, 0) is 0 Å². The number of hydrogen-bond acceptors (Lipinski definition) is 2. The Balaban J connectivity index is 2.20. The van der Waals surface area contributed by atoms with E-state index in [4.69, 9.17) is 0 Å². The summed E-state index contributed by atoms with van der Waals surface area (Å²) in [7, 11) is 0. The van der Waals surface area contributed by atoms with Crippen molar-refractivity contribution in [3.8, 4) is 0 Å². The van der Waals surface area contributed by atoms with Crippen molar-refractivity contribution in [2.45, 2.75) is 48.6 Å². The van der Waals surface area contributed by atoms with Gasteiger partial charge in [-0.25, -0.2) is 0 Å². The molecule has 78 valence electrons. The summed E-state index contributed by atoms with van der Waals surface area (Å²) in [5, 5.41) is 0.701. The summed E-state index contributed by atoms with van der Waals surface area (Å²) in [6, 6.07) is 0. The van der Waals surface area contributed by atoms with Crippen molar-refractivity contribution in [1.82, 2.24) is 0 Å². The van der Waals surface area contributed by atoms with Crippen LogP contribution in [0.3, 0.4) is 0 Å². The molecule has 0 spiro atoms. The molecule has 13 heavy (non-hydrogen) atoms. The van der Waals surface area contributed by atoms with Crippen molar-refractivity contribution in [3.05, 3.63) is 0 Å². The van der Waals surface area contributed by atoms with Crippen LogP contribution in [0, 0.1) is 0 Å². The third-order valence-electron chi connectivity index (χ3n) is 2.34. The molecule has 1 aliphatic carbocycles.